The monoisotopic (exact) mass is 271 g/mol. The summed E-state index contributed by atoms with van der Waals surface area (Å²) in [5, 5.41) is 2.64. The Kier molecular flexibility index (Phi) is 10.1. The van der Waals surface area contributed by atoms with Crippen LogP contribution in [-0.4, -0.2) is 25.7 Å². The summed E-state index contributed by atoms with van der Waals surface area (Å²) in [5.41, 5.74) is 1.13. The molecule has 0 spiro atoms. The van der Waals surface area contributed by atoms with Gasteiger partial charge in [0.15, 0.2) is 8.46 Å². The molecular weight excluding hydrogens is 253 g/mol. The molecule has 0 heterocycles. The first-order chi connectivity index (χ1) is 8.61. The summed E-state index contributed by atoms with van der Waals surface area (Å²) >= 11 is 0. The predicted octanol–water partition coefficient (Wildman–Crippen LogP) is 2.38. The van der Waals surface area contributed by atoms with Gasteiger partial charge in [-0.3, -0.25) is 9.36 Å². The molecule has 0 aromatic heterocycles. The maximum Gasteiger partial charge on any atom is 0.251 e. The van der Waals surface area contributed by atoms with Crippen LogP contribution in [0.5, 0.6) is 0 Å². The van der Waals surface area contributed by atoms with Gasteiger partial charge in [-0.05, 0) is 6.92 Å². The van der Waals surface area contributed by atoms with Crippen LogP contribution in [0.2, 0.25) is 0 Å². The second-order valence-electron chi connectivity index (χ2n) is 3.38. The topological polar surface area (TPSA) is 64.6 Å². The van der Waals surface area contributed by atoms with Crippen LogP contribution < -0.4 is 5.32 Å². The second-order valence-corrected chi connectivity index (χ2v) is 3.90. The first kappa shape index (κ1) is 16.7. The third-order valence-electron chi connectivity index (χ3n) is 1.88. The molecule has 1 N–H and O–H groups in total. The van der Waals surface area contributed by atoms with Crippen molar-refractivity contribution in [1.29, 1.82) is 0 Å². The molecule has 0 bridgehead atoms. The average molecular weight is 271 g/mol. The number of ether oxygens (including phenoxy) is 2. The van der Waals surface area contributed by atoms with E-state index >= 15 is 0 Å². The van der Waals surface area contributed by atoms with Crippen molar-refractivity contribution in [2.45, 2.75) is 13.3 Å². The highest BCUT2D eigenvalue weighted by atomic mass is 31.1. The van der Waals surface area contributed by atoms with Crippen molar-refractivity contribution in [2.24, 2.45) is 0 Å². The normalized spacial score (nSPS) is 11.3. The number of amides is 1. The van der Waals surface area contributed by atoms with Crippen molar-refractivity contribution in [2.75, 3.05) is 19.7 Å². The van der Waals surface area contributed by atoms with E-state index in [0.29, 0.717) is 24.3 Å². The molecule has 0 aliphatic rings. The molecule has 1 amide bonds. The van der Waals surface area contributed by atoms with Crippen molar-refractivity contribution in [3.05, 3.63) is 36.6 Å². The van der Waals surface area contributed by atoms with E-state index < -0.39 is 0 Å². The van der Waals surface area contributed by atoms with E-state index in [2.05, 4.69) is 18.5 Å². The second kappa shape index (κ2) is 10.8. The van der Waals surface area contributed by atoms with Crippen LogP contribution in [-0.2, 0) is 18.8 Å². The van der Waals surface area contributed by atoms with Crippen LogP contribution in [0.3, 0.4) is 0 Å². The Balaban J connectivity index is 3.71. The highest BCUT2D eigenvalue weighted by Crippen LogP contribution is 1.99. The van der Waals surface area contributed by atoms with E-state index in [1.165, 1.54) is 0 Å². The number of carbonyl (C=O) groups excluding carboxylic acids is 1. The molecule has 5 nitrogen and oxygen atoms in total. The molecular formula is C12H18NO4P. The predicted molar refractivity (Wildman–Crippen MR) is 70.2 cm³/mol. The van der Waals surface area contributed by atoms with E-state index in [1.807, 2.05) is 0 Å². The molecule has 0 aromatic rings. The summed E-state index contributed by atoms with van der Waals surface area (Å²) in [5.74, 6) is -0.207. The molecule has 0 unspecified atom stereocenters. The third kappa shape index (κ3) is 8.82. The molecule has 0 radical (unpaired) electrons. The first-order valence-electron chi connectivity index (χ1n) is 5.34. The van der Waals surface area contributed by atoms with Crippen molar-refractivity contribution < 1.29 is 18.8 Å². The van der Waals surface area contributed by atoms with Crippen molar-refractivity contribution in [3.8, 4) is 0 Å². The Morgan fingerprint density at radius 3 is 2.78 bits per heavy atom. The summed E-state index contributed by atoms with van der Waals surface area (Å²) in [6, 6.07) is 0. The van der Waals surface area contributed by atoms with Gasteiger partial charge in [-0.1, -0.05) is 25.3 Å². The molecule has 0 saturated heterocycles. The molecule has 0 rings (SSSR count). The lowest BCUT2D eigenvalue weighted by Crippen LogP contribution is -2.23. The van der Waals surface area contributed by atoms with Gasteiger partial charge in [0.05, 0.1) is 6.61 Å². The van der Waals surface area contributed by atoms with Gasteiger partial charge in [0.1, 0.15) is 13.1 Å². The summed E-state index contributed by atoms with van der Waals surface area (Å²) in [4.78, 5) is 11.5. The Bertz CT molecular complexity index is 339. The molecule has 0 saturated carbocycles. The average Bonchev–Trinajstić information content (AvgIpc) is 2.33. The highest BCUT2D eigenvalue weighted by Gasteiger charge is 2.04. The van der Waals surface area contributed by atoms with Crippen LogP contribution in [0.1, 0.15) is 13.3 Å². The van der Waals surface area contributed by atoms with Crippen LogP contribution in [0.15, 0.2) is 36.6 Å². The van der Waals surface area contributed by atoms with Gasteiger partial charge in [-0.15, -0.1) is 0 Å². The summed E-state index contributed by atoms with van der Waals surface area (Å²) in [7, 11) is -0.0708. The van der Waals surface area contributed by atoms with Crippen molar-refractivity contribution in [1.82, 2.24) is 5.32 Å². The van der Waals surface area contributed by atoms with Crippen LogP contribution in [0, 0.1) is 0 Å². The lowest BCUT2D eigenvalue weighted by atomic mass is 10.2. The Morgan fingerprint density at radius 1 is 1.44 bits per heavy atom. The van der Waals surface area contributed by atoms with Gasteiger partial charge in [-0.25, -0.2) is 0 Å². The molecule has 0 aromatic carbocycles. The Labute approximate surface area is 109 Å². The minimum Gasteiger partial charge on any atom is -0.355 e. The molecule has 6 heteroatoms. The summed E-state index contributed by atoms with van der Waals surface area (Å²) < 4.78 is 19.9. The molecule has 100 valence electrons. The van der Waals surface area contributed by atoms with Crippen LogP contribution in [0.4, 0.5) is 0 Å². The number of hydrogen-bond acceptors (Lipinski definition) is 4. The Hall–Kier alpha value is -1.29. The minimum atomic E-state index is -0.207. The number of nitrogens with one attached hydrogen (secondary N) is 1. The number of hydrogen-bond donors (Lipinski definition) is 1. The summed E-state index contributed by atoms with van der Waals surface area (Å²) in [6.07, 6.45) is 3.78. The fourth-order valence-corrected chi connectivity index (χ4v) is 1.11. The quantitative estimate of drug-likeness (QED) is 0.218. The zero-order valence-corrected chi connectivity index (χ0v) is 11.4. The SMILES string of the molecule is C=C/C=C(/C)C(=O)NC(=C)CCOCOCP=O. The largest absolute Gasteiger partial charge is 0.355 e. The minimum absolute atomic E-state index is 0.0708. The van der Waals surface area contributed by atoms with Gasteiger partial charge < -0.3 is 14.8 Å². The highest BCUT2D eigenvalue weighted by molar-refractivity contribution is 7.23. The van der Waals surface area contributed by atoms with Crippen LogP contribution >= 0.6 is 8.46 Å². The van der Waals surface area contributed by atoms with E-state index in [4.69, 9.17) is 9.47 Å². The molecule has 0 atom stereocenters. The van der Waals surface area contributed by atoms with Gasteiger partial charge >= 0.3 is 0 Å². The standard InChI is InChI=1S/C12H18NO4P/c1-4-5-10(2)12(14)13-11(3)6-7-16-8-17-9-18-15/h4-5H,1,3,6-9H2,2H3,(H,13,14)/b10-5-. The summed E-state index contributed by atoms with van der Waals surface area (Å²) in [6.45, 7) is 9.37. The number of carbonyl (C=O) groups is 1. The smallest absolute Gasteiger partial charge is 0.251 e. The molecule has 0 aliphatic carbocycles. The van der Waals surface area contributed by atoms with E-state index in [0.717, 1.165) is 0 Å². The maximum absolute atomic E-state index is 11.5. The fourth-order valence-electron chi connectivity index (χ4n) is 0.962. The van der Waals surface area contributed by atoms with E-state index in [9.17, 15) is 9.36 Å². The molecule has 0 fully saturated rings. The van der Waals surface area contributed by atoms with Gasteiger partial charge in [-0.2, -0.15) is 0 Å². The lowest BCUT2D eigenvalue weighted by molar-refractivity contribution is -0.116. The van der Waals surface area contributed by atoms with Gasteiger partial charge in [0, 0.05) is 17.7 Å². The zero-order valence-electron chi connectivity index (χ0n) is 10.5. The van der Waals surface area contributed by atoms with Gasteiger partial charge in [0.25, 0.3) is 5.91 Å². The molecule has 18 heavy (non-hydrogen) atoms. The zero-order chi connectivity index (χ0) is 13.8. The first-order valence-corrected chi connectivity index (χ1v) is 6.34. The Morgan fingerprint density at radius 2 is 2.17 bits per heavy atom. The van der Waals surface area contributed by atoms with E-state index in [1.54, 1.807) is 19.1 Å². The van der Waals surface area contributed by atoms with Crippen molar-refractivity contribution >= 4 is 14.4 Å². The number of rotatable bonds is 10. The van der Waals surface area contributed by atoms with Crippen LogP contribution in [0.25, 0.3) is 0 Å². The van der Waals surface area contributed by atoms with Gasteiger partial charge in [0.2, 0.25) is 0 Å². The van der Waals surface area contributed by atoms with E-state index in [-0.39, 0.29) is 27.5 Å². The fraction of sp³-hybridized carbons (Fsp3) is 0.417. The van der Waals surface area contributed by atoms with Crippen molar-refractivity contribution in [3.63, 3.8) is 0 Å². The maximum atomic E-state index is 11.5. The number of allylic oxidation sites excluding steroid dienone is 2. The molecule has 0 aliphatic heterocycles. The third-order valence-corrected chi connectivity index (χ3v) is 2.16. The lowest BCUT2D eigenvalue weighted by Gasteiger charge is -2.08.